The predicted molar refractivity (Wildman–Crippen MR) is 60.7 cm³/mol. The van der Waals surface area contributed by atoms with Crippen molar-refractivity contribution in [3.8, 4) is 5.69 Å². The fraction of sp³-hybridized carbons (Fsp3) is 0.200. The number of benzene rings is 1. The van der Waals surface area contributed by atoms with Crippen LogP contribution in [0.3, 0.4) is 0 Å². The quantitative estimate of drug-likeness (QED) is 0.829. The van der Waals surface area contributed by atoms with Gasteiger partial charge in [-0.1, -0.05) is 18.5 Å². The summed E-state index contributed by atoms with van der Waals surface area (Å²) in [6.45, 7) is 1.91. The summed E-state index contributed by atoms with van der Waals surface area (Å²) in [5.41, 5.74) is 0.525. The third-order valence-electron chi connectivity index (χ3n) is 2.11. The van der Waals surface area contributed by atoms with Crippen LogP contribution < -0.4 is 0 Å². The molecular weight excluding hydrogens is 252 g/mol. The Balaban J connectivity index is 2.61. The van der Waals surface area contributed by atoms with Crippen LogP contribution in [0.2, 0.25) is 10.3 Å². The number of aryl methyl sites for hydroxylation is 1. The Labute approximate surface area is 102 Å². The highest BCUT2D eigenvalue weighted by Crippen LogP contribution is 2.22. The Morgan fingerprint density at radius 3 is 2.62 bits per heavy atom. The van der Waals surface area contributed by atoms with Gasteiger partial charge in [0.15, 0.2) is 0 Å². The number of rotatable bonds is 2. The van der Waals surface area contributed by atoms with Crippen molar-refractivity contribution in [1.82, 2.24) is 14.8 Å². The van der Waals surface area contributed by atoms with Gasteiger partial charge in [0.1, 0.15) is 11.6 Å². The van der Waals surface area contributed by atoms with E-state index in [1.165, 1.54) is 12.1 Å². The topological polar surface area (TPSA) is 30.7 Å². The van der Waals surface area contributed by atoms with Gasteiger partial charge in [0, 0.05) is 11.4 Å². The minimum absolute atomic E-state index is 0.193. The summed E-state index contributed by atoms with van der Waals surface area (Å²) in [4.78, 5) is 0. The largest absolute Gasteiger partial charge is 0.270 e. The molecule has 0 saturated carbocycles. The molecule has 16 heavy (non-hydrogen) atoms. The molecule has 0 fully saturated rings. The van der Waals surface area contributed by atoms with E-state index in [0.29, 0.717) is 23.0 Å². The molecule has 0 N–H and O–H groups in total. The Morgan fingerprint density at radius 2 is 2.00 bits per heavy atom. The van der Waals surface area contributed by atoms with Crippen molar-refractivity contribution in [3.63, 3.8) is 0 Å². The van der Waals surface area contributed by atoms with Crippen molar-refractivity contribution < 1.29 is 4.39 Å². The number of nitrogens with zero attached hydrogens (tertiary/aromatic N) is 3. The summed E-state index contributed by atoms with van der Waals surface area (Å²) in [5, 5.41) is 8.12. The molecular formula is C10H8Cl2FN3. The number of aromatic nitrogens is 3. The average molecular weight is 260 g/mol. The molecule has 0 unspecified atom stereocenters. The second-order valence-corrected chi connectivity index (χ2v) is 3.98. The maximum Gasteiger partial charge on any atom is 0.229 e. The van der Waals surface area contributed by atoms with Crippen molar-refractivity contribution in [1.29, 1.82) is 0 Å². The Hall–Kier alpha value is -1.13. The normalized spacial score (nSPS) is 10.8. The van der Waals surface area contributed by atoms with Gasteiger partial charge in [0.05, 0.1) is 5.69 Å². The van der Waals surface area contributed by atoms with Crippen LogP contribution in [0.5, 0.6) is 0 Å². The van der Waals surface area contributed by atoms with Gasteiger partial charge < -0.3 is 0 Å². The van der Waals surface area contributed by atoms with E-state index >= 15 is 0 Å². The van der Waals surface area contributed by atoms with Crippen molar-refractivity contribution in [2.45, 2.75) is 13.3 Å². The van der Waals surface area contributed by atoms with Gasteiger partial charge in [-0.15, -0.1) is 10.2 Å². The molecule has 0 saturated heterocycles. The van der Waals surface area contributed by atoms with Gasteiger partial charge >= 0.3 is 0 Å². The molecule has 1 aromatic heterocycles. The minimum Gasteiger partial charge on any atom is -0.270 e. The first-order valence-corrected chi connectivity index (χ1v) is 5.43. The first-order valence-electron chi connectivity index (χ1n) is 4.68. The summed E-state index contributed by atoms with van der Waals surface area (Å²) in [5.74, 6) is 0.237. The summed E-state index contributed by atoms with van der Waals surface area (Å²) in [7, 11) is 0. The smallest absolute Gasteiger partial charge is 0.229 e. The lowest BCUT2D eigenvalue weighted by molar-refractivity contribution is 0.626. The van der Waals surface area contributed by atoms with Crippen LogP contribution in [0.15, 0.2) is 18.2 Å². The first kappa shape index (κ1) is 11.4. The fourth-order valence-corrected chi connectivity index (χ4v) is 1.90. The summed E-state index contributed by atoms with van der Waals surface area (Å²) >= 11 is 11.7. The maximum absolute atomic E-state index is 13.2. The number of hydrogen-bond donors (Lipinski definition) is 0. The zero-order chi connectivity index (χ0) is 11.7. The Bertz CT molecular complexity index is 505. The standard InChI is InChI=1S/C10H8Cl2FN3/c1-2-9-14-15-10(12)16(9)8-4-6(11)3-7(13)5-8/h3-5H,2H2,1H3. The van der Waals surface area contributed by atoms with Gasteiger partial charge in [-0.3, -0.25) is 4.57 Å². The molecule has 1 aromatic carbocycles. The molecule has 2 aromatic rings. The molecule has 0 radical (unpaired) electrons. The Kier molecular flexibility index (Phi) is 3.12. The zero-order valence-electron chi connectivity index (χ0n) is 8.41. The summed E-state index contributed by atoms with van der Waals surface area (Å²) in [6.07, 6.45) is 0.647. The van der Waals surface area contributed by atoms with Crippen LogP contribution in [-0.4, -0.2) is 14.8 Å². The highest BCUT2D eigenvalue weighted by atomic mass is 35.5. The van der Waals surface area contributed by atoms with Crippen LogP contribution >= 0.6 is 23.2 Å². The van der Waals surface area contributed by atoms with Crippen LogP contribution in [0.1, 0.15) is 12.7 Å². The Morgan fingerprint density at radius 1 is 1.25 bits per heavy atom. The molecule has 0 aliphatic carbocycles. The van der Waals surface area contributed by atoms with E-state index < -0.39 is 5.82 Å². The molecule has 0 amide bonds. The molecule has 0 aliphatic heterocycles. The van der Waals surface area contributed by atoms with Crippen molar-refractivity contribution in [2.24, 2.45) is 0 Å². The van der Waals surface area contributed by atoms with Gasteiger partial charge in [-0.25, -0.2) is 4.39 Å². The highest BCUT2D eigenvalue weighted by Gasteiger charge is 2.11. The SMILES string of the molecule is CCc1nnc(Cl)n1-c1cc(F)cc(Cl)c1. The molecule has 0 spiro atoms. The van der Waals surface area contributed by atoms with Gasteiger partial charge in [0.25, 0.3) is 0 Å². The number of hydrogen-bond acceptors (Lipinski definition) is 2. The van der Waals surface area contributed by atoms with Crippen molar-refractivity contribution in [2.75, 3.05) is 0 Å². The molecule has 0 atom stereocenters. The van der Waals surface area contributed by atoms with E-state index in [9.17, 15) is 4.39 Å². The molecule has 0 bridgehead atoms. The number of halogens is 3. The van der Waals surface area contributed by atoms with E-state index in [4.69, 9.17) is 23.2 Å². The van der Waals surface area contributed by atoms with E-state index in [1.807, 2.05) is 6.92 Å². The van der Waals surface area contributed by atoms with Gasteiger partial charge in [-0.2, -0.15) is 0 Å². The second kappa shape index (κ2) is 4.39. The van der Waals surface area contributed by atoms with E-state index in [-0.39, 0.29) is 5.28 Å². The monoisotopic (exact) mass is 259 g/mol. The predicted octanol–water partition coefficient (Wildman–Crippen LogP) is 3.28. The molecule has 3 nitrogen and oxygen atoms in total. The minimum atomic E-state index is -0.422. The van der Waals surface area contributed by atoms with Crippen LogP contribution in [0, 0.1) is 5.82 Å². The summed E-state index contributed by atoms with van der Waals surface area (Å²) < 4.78 is 14.8. The highest BCUT2D eigenvalue weighted by molar-refractivity contribution is 6.31. The van der Waals surface area contributed by atoms with E-state index in [2.05, 4.69) is 10.2 Å². The molecule has 2 rings (SSSR count). The average Bonchev–Trinajstić information content (AvgIpc) is 2.58. The lowest BCUT2D eigenvalue weighted by atomic mass is 10.3. The van der Waals surface area contributed by atoms with Crippen LogP contribution in [0.4, 0.5) is 4.39 Å². The lowest BCUT2D eigenvalue weighted by Crippen LogP contribution is -2.00. The third-order valence-corrected chi connectivity index (χ3v) is 2.58. The first-order chi connectivity index (χ1) is 7.61. The molecule has 84 valence electrons. The second-order valence-electron chi connectivity index (χ2n) is 3.20. The van der Waals surface area contributed by atoms with Crippen molar-refractivity contribution >= 4 is 23.2 Å². The molecule has 0 aliphatic rings. The molecule has 6 heteroatoms. The van der Waals surface area contributed by atoms with Crippen LogP contribution in [0.25, 0.3) is 5.69 Å². The zero-order valence-corrected chi connectivity index (χ0v) is 9.93. The van der Waals surface area contributed by atoms with Gasteiger partial charge in [0.2, 0.25) is 5.28 Å². The van der Waals surface area contributed by atoms with E-state index in [1.54, 1.807) is 10.6 Å². The fourth-order valence-electron chi connectivity index (χ4n) is 1.45. The van der Waals surface area contributed by atoms with E-state index in [0.717, 1.165) is 0 Å². The van der Waals surface area contributed by atoms with Gasteiger partial charge in [-0.05, 0) is 29.8 Å². The van der Waals surface area contributed by atoms with Crippen LogP contribution in [-0.2, 0) is 6.42 Å². The maximum atomic E-state index is 13.2. The molecule has 1 heterocycles. The summed E-state index contributed by atoms with van der Waals surface area (Å²) in [6, 6.07) is 4.17. The lowest BCUT2D eigenvalue weighted by Gasteiger charge is -2.07. The van der Waals surface area contributed by atoms with Crippen molar-refractivity contribution in [3.05, 3.63) is 40.1 Å². The third kappa shape index (κ3) is 2.03.